The lowest BCUT2D eigenvalue weighted by Crippen LogP contribution is -2.07. The Morgan fingerprint density at radius 2 is 1.03 bits per heavy atom. The van der Waals surface area contributed by atoms with Crippen molar-refractivity contribution in [1.82, 2.24) is 0 Å². The standard InChI is InChI=1S/C24H22O9/c1-15(25)31-19-9-5-17(13-21(19)29-3)7-11-23(27)33-24(28)12-8-18-6-10-20(32-16(2)26)22(14-18)30-4/h5-14H,1-4H3/b11-7+,12-8+. The molecule has 2 aromatic carbocycles. The van der Waals surface area contributed by atoms with Gasteiger partial charge in [0.15, 0.2) is 23.0 Å². The van der Waals surface area contributed by atoms with Gasteiger partial charge in [0, 0.05) is 26.0 Å². The molecular weight excluding hydrogens is 432 g/mol. The van der Waals surface area contributed by atoms with Crippen molar-refractivity contribution >= 4 is 36.0 Å². The molecule has 172 valence electrons. The van der Waals surface area contributed by atoms with Gasteiger partial charge in [-0.2, -0.15) is 0 Å². The number of rotatable bonds is 8. The van der Waals surface area contributed by atoms with Crippen molar-refractivity contribution in [1.29, 1.82) is 0 Å². The summed E-state index contributed by atoms with van der Waals surface area (Å²) in [4.78, 5) is 46.0. The highest BCUT2D eigenvalue weighted by atomic mass is 16.6. The van der Waals surface area contributed by atoms with Crippen LogP contribution in [0.1, 0.15) is 25.0 Å². The molecule has 0 amide bonds. The van der Waals surface area contributed by atoms with E-state index in [4.69, 9.17) is 23.7 Å². The van der Waals surface area contributed by atoms with Crippen molar-refractivity contribution in [2.24, 2.45) is 0 Å². The minimum atomic E-state index is -0.879. The Kier molecular flexibility index (Phi) is 8.93. The Bertz CT molecular complexity index is 1030. The van der Waals surface area contributed by atoms with E-state index in [1.54, 1.807) is 24.3 Å². The highest BCUT2D eigenvalue weighted by Crippen LogP contribution is 2.29. The summed E-state index contributed by atoms with van der Waals surface area (Å²) in [6, 6.07) is 9.33. The van der Waals surface area contributed by atoms with Crippen LogP contribution in [-0.4, -0.2) is 38.1 Å². The molecule has 33 heavy (non-hydrogen) atoms. The second-order valence-electron chi connectivity index (χ2n) is 6.41. The molecule has 0 bridgehead atoms. The molecule has 9 nitrogen and oxygen atoms in total. The maximum absolute atomic E-state index is 11.9. The van der Waals surface area contributed by atoms with Crippen LogP contribution in [0.25, 0.3) is 12.2 Å². The molecule has 0 radical (unpaired) electrons. The van der Waals surface area contributed by atoms with Crippen LogP contribution in [0.3, 0.4) is 0 Å². The molecule has 0 spiro atoms. The molecule has 2 rings (SSSR count). The van der Waals surface area contributed by atoms with Crippen LogP contribution in [0.15, 0.2) is 48.6 Å². The third-order valence-electron chi connectivity index (χ3n) is 3.91. The summed E-state index contributed by atoms with van der Waals surface area (Å²) in [6.07, 6.45) is 4.97. The summed E-state index contributed by atoms with van der Waals surface area (Å²) >= 11 is 0. The average Bonchev–Trinajstić information content (AvgIpc) is 2.76. The lowest BCUT2D eigenvalue weighted by Gasteiger charge is -2.08. The molecule has 0 aliphatic rings. The van der Waals surface area contributed by atoms with Crippen molar-refractivity contribution in [3.8, 4) is 23.0 Å². The van der Waals surface area contributed by atoms with E-state index in [1.807, 2.05) is 0 Å². The number of ether oxygens (including phenoxy) is 5. The van der Waals surface area contributed by atoms with E-state index < -0.39 is 23.9 Å². The molecule has 0 heterocycles. The normalized spacial score (nSPS) is 10.7. The van der Waals surface area contributed by atoms with Crippen LogP contribution in [0.2, 0.25) is 0 Å². The van der Waals surface area contributed by atoms with Crippen LogP contribution >= 0.6 is 0 Å². The molecule has 2 aromatic rings. The Hall–Kier alpha value is -4.40. The van der Waals surface area contributed by atoms with Crippen molar-refractivity contribution in [3.63, 3.8) is 0 Å². The fourth-order valence-electron chi connectivity index (χ4n) is 2.55. The summed E-state index contributed by atoms with van der Waals surface area (Å²) in [6.45, 7) is 2.53. The summed E-state index contributed by atoms with van der Waals surface area (Å²) < 4.78 is 25.0. The van der Waals surface area contributed by atoms with Crippen LogP contribution in [0.4, 0.5) is 0 Å². The Morgan fingerprint density at radius 3 is 1.36 bits per heavy atom. The van der Waals surface area contributed by atoms with E-state index in [0.29, 0.717) is 22.6 Å². The number of esters is 4. The first-order chi connectivity index (χ1) is 15.7. The fourth-order valence-corrected chi connectivity index (χ4v) is 2.55. The number of hydrogen-bond acceptors (Lipinski definition) is 9. The van der Waals surface area contributed by atoms with Crippen LogP contribution < -0.4 is 18.9 Å². The summed E-state index contributed by atoms with van der Waals surface area (Å²) in [5.41, 5.74) is 1.12. The van der Waals surface area contributed by atoms with Gasteiger partial charge in [-0.1, -0.05) is 12.1 Å². The molecule has 0 aliphatic heterocycles. The summed E-state index contributed by atoms with van der Waals surface area (Å²) in [5, 5.41) is 0. The van der Waals surface area contributed by atoms with Gasteiger partial charge >= 0.3 is 23.9 Å². The van der Waals surface area contributed by atoms with E-state index in [1.165, 1.54) is 52.4 Å². The van der Waals surface area contributed by atoms with E-state index in [-0.39, 0.29) is 11.5 Å². The molecule has 0 saturated heterocycles. The minimum Gasteiger partial charge on any atom is -0.493 e. The zero-order valence-corrected chi connectivity index (χ0v) is 18.4. The molecule has 0 unspecified atom stereocenters. The Balaban J connectivity index is 2.00. The van der Waals surface area contributed by atoms with Gasteiger partial charge in [-0.15, -0.1) is 0 Å². The molecule has 0 saturated carbocycles. The van der Waals surface area contributed by atoms with Crippen molar-refractivity contribution in [2.45, 2.75) is 13.8 Å². The smallest absolute Gasteiger partial charge is 0.338 e. The molecule has 9 heteroatoms. The predicted molar refractivity (Wildman–Crippen MR) is 118 cm³/mol. The van der Waals surface area contributed by atoms with Crippen LogP contribution in [0, 0.1) is 0 Å². The lowest BCUT2D eigenvalue weighted by atomic mass is 10.2. The second-order valence-corrected chi connectivity index (χ2v) is 6.41. The van der Waals surface area contributed by atoms with Gasteiger partial charge in [-0.3, -0.25) is 9.59 Å². The molecule has 0 N–H and O–H groups in total. The van der Waals surface area contributed by atoms with Crippen molar-refractivity contribution < 1.29 is 42.9 Å². The average molecular weight is 454 g/mol. The number of carbonyl (C=O) groups is 4. The number of benzene rings is 2. The van der Waals surface area contributed by atoms with Gasteiger partial charge in [-0.25, -0.2) is 9.59 Å². The van der Waals surface area contributed by atoms with E-state index in [9.17, 15) is 19.2 Å². The molecular formula is C24H22O9. The monoisotopic (exact) mass is 454 g/mol. The lowest BCUT2D eigenvalue weighted by molar-refractivity contribution is -0.152. The third kappa shape index (κ3) is 7.98. The molecule has 0 aliphatic carbocycles. The van der Waals surface area contributed by atoms with Crippen molar-refractivity contribution in [3.05, 3.63) is 59.7 Å². The van der Waals surface area contributed by atoms with Gasteiger partial charge in [0.05, 0.1) is 14.2 Å². The van der Waals surface area contributed by atoms with Gasteiger partial charge in [0.2, 0.25) is 0 Å². The SMILES string of the molecule is COc1cc(/C=C/C(=O)OC(=O)/C=C/c2ccc(OC(C)=O)c(OC)c2)ccc1OC(C)=O. The number of hydrogen-bond donors (Lipinski definition) is 0. The number of methoxy groups -OCH3 is 2. The van der Waals surface area contributed by atoms with E-state index in [2.05, 4.69) is 0 Å². The van der Waals surface area contributed by atoms with Gasteiger partial charge in [-0.05, 0) is 47.5 Å². The highest BCUT2D eigenvalue weighted by Gasteiger charge is 2.09. The minimum absolute atomic E-state index is 0.238. The Morgan fingerprint density at radius 1 is 0.636 bits per heavy atom. The van der Waals surface area contributed by atoms with E-state index in [0.717, 1.165) is 12.2 Å². The third-order valence-corrected chi connectivity index (χ3v) is 3.91. The zero-order chi connectivity index (χ0) is 24.4. The van der Waals surface area contributed by atoms with Gasteiger partial charge in [0.25, 0.3) is 0 Å². The van der Waals surface area contributed by atoms with Crippen LogP contribution in [-0.2, 0) is 23.9 Å². The quantitative estimate of drug-likeness (QED) is 0.256. The number of carbonyl (C=O) groups excluding carboxylic acids is 4. The summed E-state index contributed by atoms with van der Waals surface area (Å²) in [5.74, 6) is -1.67. The maximum Gasteiger partial charge on any atom is 0.338 e. The van der Waals surface area contributed by atoms with Crippen LogP contribution in [0.5, 0.6) is 23.0 Å². The molecule has 0 fully saturated rings. The predicted octanol–water partition coefficient (Wildman–Crippen LogP) is 3.35. The highest BCUT2D eigenvalue weighted by molar-refractivity contribution is 6.00. The maximum atomic E-state index is 11.9. The molecule has 0 atom stereocenters. The topological polar surface area (TPSA) is 114 Å². The summed E-state index contributed by atoms with van der Waals surface area (Å²) in [7, 11) is 2.82. The van der Waals surface area contributed by atoms with Gasteiger partial charge in [0.1, 0.15) is 0 Å². The van der Waals surface area contributed by atoms with Crippen molar-refractivity contribution in [2.75, 3.05) is 14.2 Å². The second kappa shape index (κ2) is 11.8. The first kappa shape index (κ1) is 24.9. The first-order valence-corrected chi connectivity index (χ1v) is 9.56. The zero-order valence-electron chi connectivity index (χ0n) is 18.4. The fraction of sp³-hybridized carbons (Fsp3) is 0.167. The molecule has 0 aromatic heterocycles. The Labute approximate surface area is 190 Å². The van der Waals surface area contributed by atoms with Gasteiger partial charge < -0.3 is 23.7 Å². The van der Waals surface area contributed by atoms with E-state index >= 15 is 0 Å². The first-order valence-electron chi connectivity index (χ1n) is 9.56. The largest absolute Gasteiger partial charge is 0.493 e.